The molecule has 0 heterocycles. The van der Waals surface area contributed by atoms with Gasteiger partial charge in [-0.2, -0.15) is 17.0 Å². The van der Waals surface area contributed by atoms with Gasteiger partial charge in [-0.1, -0.05) is 6.92 Å². The standard InChI is InChI=1S/C8H16N2S/c1-7(11-4)5-8(2,6-9)10-3/h7,10H,5H2,1-4H3. The lowest BCUT2D eigenvalue weighted by Gasteiger charge is -2.23. The summed E-state index contributed by atoms with van der Waals surface area (Å²) in [5.74, 6) is 0. The number of hydrogen-bond acceptors (Lipinski definition) is 3. The van der Waals surface area contributed by atoms with Gasteiger partial charge in [0.05, 0.1) is 6.07 Å². The number of rotatable bonds is 4. The lowest BCUT2D eigenvalue weighted by Crippen LogP contribution is -2.40. The lowest BCUT2D eigenvalue weighted by molar-refractivity contribution is 0.455. The second-order valence-electron chi connectivity index (χ2n) is 2.94. The maximum absolute atomic E-state index is 8.81. The summed E-state index contributed by atoms with van der Waals surface area (Å²) in [6.07, 6.45) is 2.96. The average molecular weight is 172 g/mol. The van der Waals surface area contributed by atoms with Gasteiger partial charge in [0.15, 0.2) is 0 Å². The van der Waals surface area contributed by atoms with Gasteiger partial charge in [0.1, 0.15) is 5.54 Å². The van der Waals surface area contributed by atoms with Crippen LogP contribution in [0.1, 0.15) is 20.3 Å². The van der Waals surface area contributed by atoms with Crippen LogP contribution in [0.2, 0.25) is 0 Å². The van der Waals surface area contributed by atoms with Crippen molar-refractivity contribution in [3.63, 3.8) is 0 Å². The Bertz CT molecular complexity index is 153. The molecule has 11 heavy (non-hydrogen) atoms. The number of nitrogens with zero attached hydrogens (tertiary/aromatic N) is 1. The second-order valence-corrected chi connectivity index (χ2v) is 4.22. The van der Waals surface area contributed by atoms with E-state index in [1.165, 1.54) is 0 Å². The minimum atomic E-state index is -0.359. The third-order valence-electron chi connectivity index (χ3n) is 1.90. The Morgan fingerprint density at radius 2 is 2.27 bits per heavy atom. The fourth-order valence-corrected chi connectivity index (χ4v) is 1.36. The minimum absolute atomic E-state index is 0.359. The second kappa shape index (κ2) is 4.63. The van der Waals surface area contributed by atoms with Crippen LogP contribution >= 0.6 is 11.8 Å². The Balaban J connectivity index is 3.99. The minimum Gasteiger partial charge on any atom is -0.303 e. The molecule has 0 bridgehead atoms. The molecule has 0 radical (unpaired) electrons. The third-order valence-corrected chi connectivity index (χ3v) is 2.87. The highest BCUT2D eigenvalue weighted by molar-refractivity contribution is 7.99. The summed E-state index contributed by atoms with van der Waals surface area (Å²) in [6, 6.07) is 2.27. The largest absolute Gasteiger partial charge is 0.303 e. The highest BCUT2D eigenvalue weighted by atomic mass is 32.2. The number of thioether (sulfide) groups is 1. The topological polar surface area (TPSA) is 35.8 Å². The molecule has 2 unspecified atom stereocenters. The number of hydrogen-bond donors (Lipinski definition) is 1. The Kier molecular flexibility index (Phi) is 4.55. The van der Waals surface area contributed by atoms with E-state index in [1.54, 1.807) is 11.8 Å². The van der Waals surface area contributed by atoms with Gasteiger partial charge in [-0.15, -0.1) is 0 Å². The molecular weight excluding hydrogens is 156 g/mol. The molecule has 0 aromatic heterocycles. The highest BCUT2D eigenvalue weighted by Gasteiger charge is 2.23. The SMILES string of the molecule is CNC(C)(C#N)CC(C)SC. The third kappa shape index (κ3) is 3.64. The zero-order valence-corrected chi connectivity index (χ0v) is 8.46. The van der Waals surface area contributed by atoms with Crippen LogP contribution in [-0.2, 0) is 0 Å². The van der Waals surface area contributed by atoms with Crippen LogP contribution in [0, 0.1) is 11.3 Å². The van der Waals surface area contributed by atoms with Gasteiger partial charge in [0.2, 0.25) is 0 Å². The first-order chi connectivity index (χ1) is 5.08. The van der Waals surface area contributed by atoms with E-state index in [0.717, 1.165) is 6.42 Å². The van der Waals surface area contributed by atoms with E-state index in [2.05, 4.69) is 24.6 Å². The van der Waals surface area contributed by atoms with Gasteiger partial charge in [-0.3, -0.25) is 0 Å². The van der Waals surface area contributed by atoms with Gasteiger partial charge in [0, 0.05) is 5.25 Å². The van der Waals surface area contributed by atoms with Crippen molar-refractivity contribution < 1.29 is 0 Å². The van der Waals surface area contributed by atoms with E-state index in [1.807, 2.05) is 14.0 Å². The van der Waals surface area contributed by atoms with Crippen LogP contribution in [0.15, 0.2) is 0 Å². The first-order valence-electron chi connectivity index (χ1n) is 3.71. The molecule has 0 aliphatic rings. The molecule has 0 saturated heterocycles. The summed E-state index contributed by atoms with van der Waals surface area (Å²) in [5, 5.41) is 12.4. The molecule has 2 nitrogen and oxygen atoms in total. The monoisotopic (exact) mass is 172 g/mol. The van der Waals surface area contributed by atoms with Crippen molar-refractivity contribution in [2.24, 2.45) is 0 Å². The quantitative estimate of drug-likeness (QED) is 0.700. The van der Waals surface area contributed by atoms with Crippen LogP contribution in [0.3, 0.4) is 0 Å². The molecule has 2 atom stereocenters. The summed E-state index contributed by atoms with van der Waals surface area (Å²) in [6.45, 7) is 4.07. The summed E-state index contributed by atoms with van der Waals surface area (Å²) in [5.41, 5.74) is -0.359. The average Bonchev–Trinajstić information content (AvgIpc) is 2.04. The summed E-state index contributed by atoms with van der Waals surface area (Å²) in [4.78, 5) is 0. The van der Waals surface area contributed by atoms with Crippen molar-refractivity contribution in [1.82, 2.24) is 5.32 Å². The molecule has 0 saturated carbocycles. The normalized spacial score (nSPS) is 18.5. The van der Waals surface area contributed by atoms with Gasteiger partial charge < -0.3 is 5.32 Å². The highest BCUT2D eigenvalue weighted by Crippen LogP contribution is 2.18. The van der Waals surface area contributed by atoms with Gasteiger partial charge in [-0.05, 0) is 26.6 Å². The molecule has 0 fully saturated rings. The van der Waals surface area contributed by atoms with Crippen LogP contribution in [-0.4, -0.2) is 24.1 Å². The van der Waals surface area contributed by atoms with Crippen LogP contribution in [0.25, 0.3) is 0 Å². The Labute approximate surface area is 73.4 Å². The Morgan fingerprint density at radius 1 is 1.73 bits per heavy atom. The zero-order valence-electron chi connectivity index (χ0n) is 7.64. The van der Waals surface area contributed by atoms with Crippen molar-refractivity contribution in [2.75, 3.05) is 13.3 Å². The molecule has 0 aromatic rings. The van der Waals surface area contributed by atoms with E-state index in [0.29, 0.717) is 5.25 Å². The molecule has 64 valence electrons. The van der Waals surface area contributed by atoms with E-state index in [-0.39, 0.29) is 5.54 Å². The molecule has 1 N–H and O–H groups in total. The summed E-state index contributed by atoms with van der Waals surface area (Å²) < 4.78 is 0. The Morgan fingerprint density at radius 3 is 2.55 bits per heavy atom. The summed E-state index contributed by atoms with van der Waals surface area (Å²) >= 11 is 1.79. The van der Waals surface area contributed by atoms with Crippen LogP contribution < -0.4 is 5.32 Å². The number of nitriles is 1. The van der Waals surface area contributed by atoms with Crippen molar-refractivity contribution >= 4 is 11.8 Å². The molecular formula is C8H16N2S. The van der Waals surface area contributed by atoms with E-state index in [4.69, 9.17) is 5.26 Å². The maximum atomic E-state index is 8.81. The van der Waals surface area contributed by atoms with E-state index < -0.39 is 0 Å². The fraction of sp³-hybridized carbons (Fsp3) is 0.875. The predicted octanol–water partition coefficient (Wildman–Crippen LogP) is 1.63. The maximum Gasteiger partial charge on any atom is 0.104 e. The van der Waals surface area contributed by atoms with Crippen LogP contribution in [0.4, 0.5) is 0 Å². The van der Waals surface area contributed by atoms with E-state index >= 15 is 0 Å². The van der Waals surface area contributed by atoms with Crippen molar-refractivity contribution in [3.05, 3.63) is 0 Å². The smallest absolute Gasteiger partial charge is 0.104 e. The first-order valence-corrected chi connectivity index (χ1v) is 4.99. The van der Waals surface area contributed by atoms with Gasteiger partial charge in [0.25, 0.3) is 0 Å². The van der Waals surface area contributed by atoms with Crippen molar-refractivity contribution in [3.8, 4) is 6.07 Å². The molecule has 3 heteroatoms. The van der Waals surface area contributed by atoms with Gasteiger partial charge in [-0.25, -0.2) is 0 Å². The summed E-state index contributed by atoms with van der Waals surface area (Å²) in [7, 11) is 1.83. The number of nitrogens with one attached hydrogen (secondary N) is 1. The predicted molar refractivity (Wildman–Crippen MR) is 50.7 cm³/mol. The van der Waals surface area contributed by atoms with Gasteiger partial charge >= 0.3 is 0 Å². The first kappa shape index (κ1) is 10.8. The molecule has 0 spiro atoms. The zero-order chi connectivity index (χ0) is 8.91. The molecule has 0 aromatic carbocycles. The Hall–Kier alpha value is -0.200. The molecule has 0 aliphatic carbocycles. The molecule has 0 amide bonds. The molecule has 0 rings (SSSR count). The fourth-order valence-electron chi connectivity index (χ4n) is 0.862. The van der Waals surface area contributed by atoms with E-state index in [9.17, 15) is 0 Å². The van der Waals surface area contributed by atoms with Crippen molar-refractivity contribution in [1.29, 1.82) is 5.26 Å². The molecule has 0 aliphatic heterocycles. The van der Waals surface area contributed by atoms with Crippen molar-refractivity contribution in [2.45, 2.75) is 31.1 Å². The lowest BCUT2D eigenvalue weighted by atomic mass is 9.98. The van der Waals surface area contributed by atoms with Crippen LogP contribution in [0.5, 0.6) is 0 Å².